The third-order valence-corrected chi connectivity index (χ3v) is 2.55. The molecule has 90 valence electrons. The summed E-state index contributed by atoms with van der Waals surface area (Å²) < 4.78 is 10.4. The van der Waals surface area contributed by atoms with Crippen molar-refractivity contribution in [3.63, 3.8) is 0 Å². The number of hydrogen-bond donors (Lipinski definition) is 6. The Balaban J connectivity index is 4.66. The average Bonchev–Trinajstić information content (AvgIpc) is 2.11. The van der Waals surface area contributed by atoms with Crippen LogP contribution >= 0.6 is 7.60 Å². The maximum absolute atomic E-state index is 10.8. The molecule has 0 aromatic heterocycles. The normalized spacial score (nSPS) is 20.5. The van der Waals surface area contributed by atoms with Gasteiger partial charge in [-0.3, -0.25) is 9.36 Å². The maximum atomic E-state index is 10.8. The molecule has 0 amide bonds. The molecule has 0 bridgehead atoms. The zero-order chi connectivity index (χ0) is 12.4. The lowest BCUT2D eigenvalue weighted by molar-refractivity contribution is -0.137. The molecule has 4 atom stereocenters. The van der Waals surface area contributed by atoms with Gasteiger partial charge in [-0.2, -0.15) is 0 Å². The highest BCUT2D eigenvalue weighted by Gasteiger charge is 2.40. The first kappa shape index (κ1) is 14.7. The van der Waals surface area contributed by atoms with Gasteiger partial charge in [0.1, 0.15) is 12.2 Å². The van der Waals surface area contributed by atoms with Crippen LogP contribution in [0.4, 0.5) is 0 Å². The first-order valence-corrected chi connectivity index (χ1v) is 5.52. The van der Waals surface area contributed by atoms with E-state index in [9.17, 15) is 9.36 Å². The van der Waals surface area contributed by atoms with Crippen molar-refractivity contribution >= 4 is 13.1 Å². The van der Waals surface area contributed by atoms with Crippen molar-refractivity contribution < 1.29 is 39.6 Å². The van der Waals surface area contributed by atoms with Gasteiger partial charge in [0.25, 0.3) is 5.52 Å². The van der Waals surface area contributed by atoms with Gasteiger partial charge >= 0.3 is 7.60 Å². The van der Waals surface area contributed by atoms with Crippen LogP contribution in [0.25, 0.3) is 0 Å². The Hall–Kier alpha value is -0.340. The fourth-order valence-corrected chi connectivity index (χ4v) is 1.29. The van der Waals surface area contributed by atoms with Crippen LogP contribution in [-0.4, -0.2) is 60.2 Å². The topological polar surface area (TPSA) is 156 Å². The fourth-order valence-electron chi connectivity index (χ4n) is 0.791. The molecule has 4 unspecified atom stereocenters. The first-order valence-electron chi connectivity index (χ1n) is 3.91. The lowest BCUT2D eigenvalue weighted by Gasteiger charge is -2.23. The summed E-state index contributed by atoms with van der Waals surface area (Å²) in [6.07, 6.45) is -7.95. The van der Waals surface area contributed by atoms with E-state index in [-0.39, 0.29) is 0 Å². The summed E-state index contributed by atoms with van der Waals surface area (Å²) >= 11 is 0. The summed E-state index contributed by atoms with van der Waals surface area (Å²) in [4.78, 5) is 27.5. The SMILES string of the molecule is CC(O)C(O)C(O)C(O)C(=O)P(=O)(O)O. The van der Waals surface area contributed by atoms with E-state index < -0.39 is 37.5 Å². The Morgan fingerprint density at radius 1 is 1.07 bits per heavy atom. The van der Waals surface area contributed by atoms with Crippen LogP contribution in [0, 0.1) is 0 Å². The molecule has 0 radical (unpaired) electrons. The van der Waals surface area contributed by atoms with Gasteiger partial charge in [-0.05, 0) is 6.92 Å². The summed E-state index contributed by atoms with van der Waals surface area (Å²) in [5, 5.41) is 35.9. The van der Waals surface area contributed by atoms with Crippen LogP contribution in [0.2, 0.25) is 0 Å². The minimum Gasteiger partial charge on any atom is -0.391 e. The molecule has 15 heavy (non-hydrogen) atoms. The summed E-state index contributed by atoms with van der Waals surface area (Å²) in [6.45, 7) is 1.07. The molecule has 0 aliphatic heterocycles. The highest BCUT2D eigenvalue weighted by Crippen LogP contribution is 2.37. The van der Waals surface area contributed by atoms with Gasteiger partial charge in [-0.15, -0.1) is 0 Å². The minimum absolute atomic E-state index is 1.07. The molecule has 0 fully saturated rings. The standard InChI is InChI=1S/C6H13O8P/c1-2(7)3(8)4(9)5(10)6(11)15(12,13)14/h2-5,7-10H,1H3,(H2,12,13,14). The van der Waals surface area contributed by atoms with E-state index in [1.807, 2.05) is 0 Å². The van der Waals surface area contributed by atoms with Crippen LogP contribution in [-0.2, 0) is 9.36 Å². The predicted octanol–water partition coefficient (Wildman–Crippen LogP) is -2.85. The number of carbonyl (C=O) groups is 1. The molecule has 0 spiro atoms. The second-order valence-electron chi connectivity index (χ2n) is 3.05. The second kappa shape index (κ2) is 5.13. The lowest BCUT2D eigenvalue weighted by Crippen LogP contribution is -2.46. The van der Waals surface area contributed by atoms with E-state index in [0.29, 0.717) is 0 Å². The largest absolute Gasteiger partial charge is 0.394 e. The van der Waals surface area contributed by atoms with E-state index in [4.69, 9.17) is 30.2 Å². The summed E-state index contributed by atoms with van der Waals surface area (Å²) in [5.74, 6) is 0. The van der Waals surface area contributed by atoms with Gasteiger partial charge in [0.05, 0.1) is 6.10 Å². The van der Waals surface area contributed by atoms with E-state index in [1.165, 1.54) is 0 Å². The molecule has 0 rings (SSSR count). The van der Waals surface area contributed by atoms with E-state index in [2.05, 4.69) is 0 Å². The average molecular weight is 244 g/mol. The van der Waals surface area contributed by atoms with E-state index >= 15 is 0 Å². The van der Waals surface area contributed by atoms with Crippen molar-refractivity contribution in [3.8, 4) is 0 Å². The number of aliphatic hydroxyl groups excluding tert-OH is 4. The first-order chi connectivity index (χ1) is 6.59. The predicted molar refractivity (Wildman–Crippen MR) is 46.8 cm³/mol. The zero-order valence-electron chi connectivity index (χ0n) is 7.76. The summed E-state index contributed by atoms with van der Waals surface area (Å²) in [7, 11) is -5.18. The Morgan fingerprint density at radius 2 is 1.47 bits per heavy atom. The van der Waals surface area contributed by atoms with Crippen molar-refractivity contribution in [2.75, 3.05) is 0 Å². The number of hydrogen-bond acceptors (Lipinski definition) is 6. The van der Waals surface area contributed by atoms with E-state index in [0.717, 1.165) is 6.92 Å². The fraction of sp³-hybridized carbons (Fsp3) is 0.833. The zero-order valence-corrected chi connectivity index (χ0v) is 8.65. The Morgan fingerprint density at radius 3 is 1.73 bits per heavy atom. The molecular formula is C6H13O8P. The smallest absolute Gasteiger partial charge is 0.391 e. The third-order valence-electron chi connectivity index (χ3n) is 1.71. The number of rotatable bonds is 5. The summed E-state index contributed by atoms with van der Waals surface area (Å²) in [6, 6.07) is 0. The maximum Gasteiger partial charge on any atom is 0.394 e. The van der Waals surface area contributed by atoms with Crippen molar-refractivity contribution in [1.29, 1.82) is 0 Å². The highest BCUT2D eigenvalue weighted by molar-refractivity contribution is 7.70. The minimum atomic E-state index is -5.18. The molecule has 0 saturated heterocycles. The molecule has 0 heterocycles. The highest BCUT2D eigenvalue weighted by atomic mass is 31.2. The second-order valence-corrected chi connectivity index (χ2v) is 4.58. The van der Waals surface area contributed by atoms with Gasteiger partial charge < -0.3 is 30.2 Å². The molecule has 0 aliphatic carbocycles. The lowest BCUT2D eigenvalue weighted by atomic mass is 10.1. The molecular weight excluding hydrogens is 231 g/mol. The number of carbonyl (C=O) groups excluding carboxylic acids is 1. The van der Waals surface area contributed by atoms with Crippen LogP contribution in [0.15, 0.2) is 0 Å². The monoisotopic (exact) mass is 244 g/mol. The van der Waals surface area contributed by atoms with Crippen LogP contribution < -0.4 is 0 Å². The van der Waals surface area contributed by atoms with Gasteiger partial charge in [-0.25, -0.2) is 0 Å². The third kappa shape index (κ3) is 3.96. The molecule has 0 aromatic carbocycles. The van der Waals surface area contributed by atoms with Crippen molar-refractivity contribution in [1.82, 2.24) is 0 Å². The van der Waals surface area contributed by atoms with E-state index in [1.54, 1.807) is 0 Å². The molecule has 8 nitrogen and oxygen atoms in total. The van der Waals surface area contributed by atoms with Crippen LogP contribution in [0.3, 0.4) is 0 Å². The van der Waals surface area contributed by atoms with Crippen molar-refractivity contribution in [2.24, 2.45) is 0 Å². The quantitative estimate of drug-likeness (QED) is 0.282. The molecule has 0 aliphatic rings. The van der Waals surface area contributed by atoms with Gasteiger partial charge in [0.2, 0.25) is 0 Å². The van der Waals surface area contributed by atoms with Crippen molar-refractivity contribution in [2.45, 2.75) is 31.3 Å². The van der Waals surface area contributed by atoms with Crippen LogP contribution in [0.1, 0.15) is 6.92 Å². The number of aliphatic hydroxyl groups is 4. The Labute approximate surface area is 85.0 Å². The molecule has 0 aromatic rings. The van der Waals surface area contributed by atoms with Gasteiger partial charge in [0.15, 0.2) is 6.10 Å². The molecule has 0 saturated carbocycles. The van der Waals surface area contributed by atoms with Gasteiger partial charge in [0, 0.05) is 0 Å². The Kier molecular flexibility index (Phi) is 5.01. The molecule has 9 heteroatoms. The van der Waals surface area contributed by atoms with Crippen molar-refractivity contribution in [3.05, 3.63) is 0 Å². The molecule has 6 N–H and O–H groups in total. The van der Waals surface area contributed by atoms with Crippen LogP contribution in [0.5, 0.6) is 0 Å². The summed E-state index contributed by atoms with van der Waals surface area (Å²) in [5.41, 5.74) is -1.91. The van der Waals surface area contributed by atoms with Gasteiger partial charge in [-0.1, -0.05) is 0 Å². The Bertz CT molecular complexity index is 270.